The fraction of sp³-hybridized carbons (Fsp3) is 0.308. The van der Waals surface area contributed by atoms with Crippen LogP contribution in [0.15, 0.2) is 47.8 Å². The maximum absolute atomic E-state index is 4.72. The van der Waals surface area contributed by atoms with Crippen LogP contribution in [0.2, 0.25) is 0 Å². The van der Waals surface area contributed by atoms with Crippen molar-refractivity contribution in [3.63, 3.8) is 0 Å². The van der Waals surface area contributed by atoms with E-state index >= 15 is 0 Å². The summed E-state index contributed by atoms with van der Waals surface area (Å²) < 4.78 is 0. The van der Waals surface area contributed by atoms with Crippen molar-refractivity contribution in [1.29, 1.82) is 0 Å². The number of hydrogen-bond acceptors (Lipinski definition) is 5. The number of aryl methyl sites for hydroxylation is 3. The molecule has 0 fully saturated rings. The molecule has 4 rings (SSSR count). The van der Waals surface area contributed by atoms with Gasteiger partial charge in [-0.1, -0.05) is 38.1 Å². The summed E-state index contributed by atoms with van der Waals surface area (Å²) in [5.41, 5.74) is 7.67. The van der Waals surface area contributed by atoms with E-state index in [0.717, 1.165) is 48.5 Å². The van der Waals surface area contributed by atoms with E-state index in [1.165, 1.54) is 32.7 Å². The van der Waals surface area contributed by atoms with Gasteiger partial charge in [0.05, 0.1) is 12.1 Å². The van der Waals surface area contributed by atoms with Crippen molar-refractivity contribution in [3.05, 3.63) is 75.2 Å². The number of nitrogens with one attached hydrogen (secondary N) is 2. The number of anilines is 1. The van der Waals surface area contributed by atoms with Crippen molar-refractivity contribution in [3.8, 4) is 11.1 Å². The monoisotopic (exact) mass is 430 g/mol. The molecule has 4 aromatic rings. The first-order chi connectivity index (χ1) is 15.1. The third kappa shape index (κ3) is 4.63. The summed E-state index contributed by atoms with van der Waals surface area (Å²) in [6.45, 7) is 8.00. The van der Waals surface area contributed by atoms with Crippen LogP contribution in [0.5, 0.6) is 0 Å². The smallest absolute Gasteiger partial charge is 0.137 e. The number of rotatable bonds is 8. The fourth-order valence-corrected chi connectivity index (χ4v) is 4.93. The Labute approximate surface area is 188 Å². The molecule has 0 saturated carbocycles. The molecule has 0 atom stereocenters. The topological polar surface area (TPSA) is 49.8 Å². The number of aromatic nitrogens is 2. The number of benzene rings is 2. The highest BCUT2D eigenvalue weighted by atomic mass is 32.1. The highest BCUT2D eigenvalue weighted by molar-refractivity contribution is 7.10. The van der Waals surface area contributed by atoms with Crippen molar-refractivity contribution in [2.24, 2.45) is 0 Å². The van der Waals surface area contributed by atoms with E-state index in [4.69, 9.17) is 9.97 Å². The summed E-state index contributed by atoms with van der Waals surface area (Å²) in [6, 6.07) is 15.4. The minimum atomic E-state index is 0.751. The van der Waals surface area contributed by atoms with Gasteiger partial charge < -0.3 is 10.6 Å². The number of hydrogen-bond donors (Lipinski definition) is 2. The van der Waals surface area contributed by atoms with Gasteiger partial charge in [0, 0.05) is 16.8 Å². The fourth-order valence-electron chi connectivity index (χ4n) is 4.10. The lowest BCUT2D eigenvalue weighted by Gasteiger charge is -2.13. The third-order valence-corrected chi connectivity index (χ3v) is 6.61. The van der Waals surface area contributed by atoms with E-state index in [1.807, 2.05) is 14.0 Å². The first-order valence-corrected chi connectivity index (χ1v) is 11.8. The second kappa shape index (κ2) is 9.58. The Balaban J connectivity index is 1.60. The zero-order valence-electron chi connectivity index (χ0n) is 18.7. The van der Waals surface area contributed by atoms with E-state index < -0.39 is 0 Å². The highest BCUT2D eigenvalue weighted by Crippen LogP contribution is 2.30. The maximum atomic E-state index is 4.72. The Morgan fingerprint density at radius 1 is 0.903 bits per heavy atom. The van der Waals surface area contributed by atoms with Crippen molar-refractivity contribution in [1.82, 2.24) is 15.3 Å². The van der Waals surface area contributed by atoms with Crippen LogP contribution in [0.1, 0.15) is 41.2 Å². The standard InChI is InChI=1S/C26H30N4S/c1-5-18-12-24-25(13-19(18)6-2)29-17(3)30-26(24)28-15-22-11-21(16-31-22)23-10-8-7-9-20(23)14-27-4/h7-13,16,27H,5-6,14-15H2,1-4H3,(H,28,29,30). The van der Waals surface area contributed by atoms with Crippen LogP contribution in [-0.2, 0) is 25.9 Å². The first-order valence-electron chi connectivity index (χ1n) is 11.0. The Kier molecular flexibility index (Phi) is 6.64. The molecule has 0 saturated heterocycles. The van der Waals surface area contributed by atoms with Gasteiger partial charge in [-0.2, -0.15) is 0 Å². The Morgan fingerprint density at radius 2 is 1.68 bits per heavy atom. The molecule has 2 heterocycles. The summed E-state index contributed by atoms with van der Waals surface area (Å²) in [5.74, 6) is 1.72. The van der Waals surface area contributed by atoms with Crippen LogP contribution in [0.4, 0.5) is 5.82 Å². The van der Waals surface area contributed by atoms with Crippen molar-refractivity contribution < 1.29 is 0 Å². The summed E-state index contributed by atoms with van der Waals surface area (Å²) in [6.07, 6.45) is 2.05. The van der Waals surface area contributed by atoms with E-state index in [-0.39, 0.29) is 0 Å². The summed E-state index contributed by atoms with van der Waals surface area (Å²) in [4.78, 5) is 10.7. The van der Waals surface area contributed by atoms with Crippen LogP contribution in [0.25, 0.3) is 22.0 Å². The molecule has 31 heavy (non-hydrogen) atoms. The maximum Gasteiger partial charge on any atom is 0.137 e. The lowest BCUT2D eigenvalue weighted by molar-refractivity contribution is 0.819. The zero-order chi connectivity index (χ0) is 21.8. The van der Waals surface area contributed by atoms with E-state index in [0.29, 0.717) is 0 Å². The largest absolute Gasteiger partial charge is 0.365 e. The molecule has 2 aromatic heterocycles. The van der Waals surface area contributed by atoms with Gasteiger partial charge in [0.25, 0.3) is 0 Å². The Hall–Kier alpha value is -2.76. The van der Waals surface area contributed by atoms with Gasteiger partial charge in [0.2, 0.25) is 0 Å². The molecular formula is C26H30N4S. The normalized spacial score (nSPS) is 11.2. The number of nitrogens with zero attached hydrogens (tertiary/aromatic N) is 2. The van der Waals surface area contributed by atoms with Crippen molar-refractivity contribution in [2.45, 2.75) is 46.7 Å². The second-order valence-corrected chi connectivity index (χ2v) is 8.80. The van der Waals surface area contributed by atoms with Gasteiger partial charge in [-0.25, -0.2) is 9.97 Å². The number of fused-ring (bicyclic) bond motifs is 1. The predicted molar refractivity (Wildman–Crippen MR) is 133 cm³/mol. The Bertz CT molecular complexity index is 1200. The summed E-state index contributed by atoms with van der Waals surface area (Å²) in [7, 11) is 1.99. The average molecular weight is 431 g/mol. The van der Waals surface area contributed by atoms with Crippen LogP contribution in [0, 0.1) is 6.92 Å². The highest BCUT2D eigenvalue weighted by Gasteiger charge is 2.11. The zero-order valence-corrected chi connectivity index (χ0v) is 19.6. The molecule has 0 radical (unpaired) electrons. The molecule has 2 aromatic carbocycles. The quantitative estimate of drug-likeness (QED) is 0.353. The summed E-state index contributed by atoms with van der Waals surface area (Å²) in [5, 5.41) is 10.2. The van der Waals surface area contributed by atoms with Gasteiger partial charge in [0.1, 0.15) is 11.6 Å². The van der Waals surface area contributed by atoms with Crippen molar-refractivity contribution in [2.75, 3.05) is 12.4 Å². The van der Waals surface area contributed by atoms with E-state index in [9.17, 15) is 0 Å². The molecule has 0 aliphatic heterocycles. The molecule has 0 spiro atoms. The van der Waals surface area contributed by atoms with Gasteiger partial charge in [0.15, 0.2) is 0 Å². The second-order valence-electron chi connectivity index (χ2n) is 7.81. The lowest BCUT2D eigenvalue weighted by atomic mass is 10.00. The molecule has 2 N–H and O–H groups in total. The van der Waals surface area contributed by atoms with Crippen LogP contribution >= 0.6 is 11.3 Å². The molecule has 0 aliphatic rings. The molecule has 160 valence electrons. The van der Waals surface area contributed by atoms with Gasteiger partial charge in [-0.15, -0.1) is 11.3 Å². The predicted octanol–water partition coefficient (Wildman–Crippen LogP) is 6.12. The van der Waals surface area contributed by atoms with Crippen LogP contribution in [0.3, 0.4) is 0 Å². The van der Waals surface area contributed by atoms with E-state index in [2.05, 4.69) is 72.3 Å². The molecule has 0 unspecified atom stereocenters. The molecular weight excluding hydrogens is 400 g/mol. The van der Waals surface area contributed by atoms with E-state index in [1.54, 1.807) is 11.3 Å². The lowest BCUT2D eigenvalue weighted by Crippen LogP contribution is -2.06. The number of thiophene rings is 1. The Morgan fingerprint density at radius 3 is 2.45 bits per heavy atom. The molecule has 0 aliphatic carbocycles. The first kappa shape index (κ1) is 21.5. The van der Waals surface area contributed by atoms with Crippen molar-refractivity contribution >= 4 is 28.1 Å². The van der Waals surface area contributed by atoms with Gasteiger partial charge >= 0.3 is 0 Å². The summed E-state index contributed by atoms with van der Waals surface area (Å²) >= 11 is 1.79. The SMILES string of the molecule is CCc1cc2nc(C)nc(NCc3cc(-c4ccccc4CNC)cs3)c2cc1CC. The third-order valence-electron chi connectivity index (χ3n) is 5.67. The van der Waals surface area contributed by atoms with Gasteiger partial charge in [-0.3, -0.25) is 0 Å². The van der Waals surface area contributed by atoms with Crippen LogP contribution < -0.4 is 10.6 Å². The van der Waals surface area contributed by atoms with Crippen LogP contribution in [-0.4, -0.2) is 17.0 Å². The average Bonchev–Trinajstić information content (AvgIpc) is 3.26. The molecule has 5 heteroatoms. The molecule has 0 bridgehead atoms. The minimum absolute atomic E-state index is 0.751. The van der Waals surface area contributed by atoms with Gasteiger partial charge in [-0.05, 0) is 78.2 Å². The minimum Gasteiger partial charge on any atom is -0.365 e. The molecule has 0 amide bonds. The molecule has 4 nitrogen and oxygen atoms in total.